The second kappa shape index (κ2) is 5.46. The van der Waals surface area contributed by atoms with Crippen LogP contribution in [0.1, 0.15) is 11.4 Å². The lowest BCUT2D eigenvalue weighted by Gasteiger charge is -2.01. The third kappa shape index (κ3) is 2.68. The second-order valence-corrected chi connectivity index (χ2v) is 4.86. The van der Waals surface area contributed by atoms with Crippen LogP contribution in [0.25, 0.3) is 11.5 Å². The highest BCUT2D eigenvalue weighted by atomic mass is 35.5. The van der Waals surface area contributed by atoms with Crippen molar-refractivity contribution in [1.82, 2.24) is 10.1 Å². The molecule has 0 spiro atoms. The Morgan fingerprint density at radius 1 is 1.00 bits per heavy atom. The fourth-order valence-corrected chi connectivity index (χ4v) is 2.19. The highest BCUT2D eigenvalue weighted by molar-refractivity contribution is 6.31. The predicted molar refractivity (Wildman–Crippen MR) is 77.3 cm³/mol. The van der Waals surface area contributed by atoms with Crippen LogP contribution in [0.5, 0.6) is 11.5 Å². The van der Waals surface area contributed by atoms with E-state index in [-0.39, 0.29) is 23.0 Å². The molecule has 0 aliphatic rings. The van der Waals surface area contributed by atoms with Crippen molar-refractivity contribution in [3.8, 4) is 23.0 Å². The van der Waals surface area contributed by atoms with Crippen LogP contribution in [0.2, 0.25) is 5.02 Å². The Morgan fingerprint density at radius 2 is 1.71 bits per heavy atom. The van der Waals surface area contributed by atoms with Gasteiger partial charge in [0.05, 0.1) is 0 Å². The molecule has 3 rings (SSSR count). The molecule has 106 valence electrons. The first-order valence-electron chi connectivity index (χ1n) is 6.22. The van der Waals surface area contributed by atoms with Crippen LogP contribution in [-0.2, 0) is 6.42 Å². The minimum absolute atomic E-state index is 0.0626. The summed E-state index contributed by atoms with van der Waals surface area (Å²) in [6, 6.07) is 11.8. The standard InChI is InChI=1S/C15H11ClN2O3/c16-10-5-2-1-4-9(10)8-13-17-15(21-18-13)14-11(19)6-3-7-12(14)20/h1-7,19-20H,8H2. The van der Waals surface area contributed by atoms with Gasteiger partial charge >= 0.3 is 0 Å². The Bertz CT molecular complexity index is 766. The average Bonchev–Trinajstić information content (AvgIpc) is 2.89. The zero-order valence-electron chi connectivity index (χ0n) is 10.8. The Labute approximate surface area is 125 Å². The molecule has 2 aromatic carbocycles. The summed E-state index contributed by atoms with van der Waals surface area (Å²) < 4.78 is 5.10. The minimum atomic E-state index is -0.122. The van der Waals surface area contributed by atoms with Crippen LogP contribution in [0, 0.1) is 0 Å². The molecule has 1 heterocycles. The third-order valence-electron chi connectivity index (χ3n) is 3.01. The molecule has 0 saturated carbocycles. The molecule has 0 atom stereocenters. The fourth-order valence-electron chi connectivity index (χ4n) is 1.99. The van der Waals surface area contributed by atoms with Crippen molar-refractivity contribution < 1.29 is 14.7 Å². The van der Waals surface area contributed by atoms with Gasteiger partial charge in [-0.25, -0.2) is 0 Å². The summed E-state index contributed by atoms with van der Waals surface area (Å²) in [6.07, 6.45) is 0.400. The van der Waals surface area contributed by atoms with Gasteiger partial charge in [-0.3, -0.25) is 0 Å². The number of aromatic nitrogens is 2. The van der Waals surface area contributed by atoms with E-state index in [1.807, 2.05) is 18.2 Å². The van der Waals surface area contributed by atoms with Gasteiger partial charge < -0.3 is 14.7 Å². The highest BCUT2D eigenvalue weighted by Crippen LogP contribution is 2.35. The van der Waals surface area contributed by atoms with Crippen LogP contribution in [0.3, 0.4) is 0 Å². The molecule has 0 bridgehead atoms. The van der Waals surface area contributed by atoms with E-state index in [1.165, 1.54) is 18.2 Å². The fraction of sp³-hybridized carbons (Fsp3) is 0.0667. The largest absolute Gasteiger partial charge is 0.507 e. The number of phenols is 2. The molecular weight excluding hydrogens is 292 g/mol. The maximum Gasteiger partial charge on any atom is 0.265 e. The Balaban J connectivity index is 1.92. The lowest BCUT2D eigenvalue weighted by Crippen LogP contribution is -1.91. The van der Waals surface area contributed by atoms with Gasteiger partial charge in [0.15, 0.2) is 5.82 Å². The van der Waals surface area contributed by atoms with Gasteiger partial charge in [0.1, 0.15) is 17.1 Å². The lowest BCUT2D eigenvalue weighted by atomic mass is 10.1. The Morgan fingerprint density at radius 3 is 2.43 bits per heavy atom. The molecule has 21 heavy (non-hydrogen) atoms. The SMILES string of the molecule is Oc1cccc(O)c1-c1nc(Cc2ccccc2Cl)no1. The molecule has 0 amide bonds. The maximum atomic E-state index is 9.78. The van der Waals surface area contributed by atoms with Gasteiger partial charge in [0, 0.05) is 11.4 Å². The van der Waals surface area contributed by atoms with Crippen LogP contribution in [-0.4, -0.2) is 20.4 Å². The van der Waals surface area contributed by atoms with Crippen molar-refractivity contribution in [2.24, 2.45) is 0 Å². The number of hydrogen-bond donors (Lipinski definition) is 2. The smallest absolute Gasteiger partial charge is 0.265 e. The number of phenolic OH excluding ortho intramolecular Hbond substituents is 2. The summed E-state index contributed by atoms with van der Waals surface area (Å²) in [7, 11) is 0. The van der Waals surface area contributed by atoms with Crippen molar-refractivity contribution in [3.05, 3.63) is 58.9 Å². The monoisotopic (exact) mass is 302 g/mol. The third-order valence-corrected chi connectivity index (χ3v) is 3.38. The molecular formula is C15H11ClN2O3. The molecule has 0 radical (unpaired) electrons. The van der Waals surface area contributed by atoms with Gasteiger partial charge in [-0.2, -0.15) is 4.98 Å². The normalized spacial score (nSPS) is 10.7. The molecule has 6 heteroatoms. The number of nitrogens with zero attached hydrogens (tertiary/aromatic N) is 2. The van der Waals surface area contributed by atoms with Crippen molar-refractivity contribution in [2.45, 2.75) is 6.42 Å². The van der Waals surface area contributed by atoms with E-state index in [4.69, 9.17) is 16.1 Å². The summed E-state index contributed by atoms with van der Waals surface area (Å²) >= 11 is 6.08. The Hall–Kier alpha value is -2.53. The summed E-state index contributed by atoms with van der Waals surface area (Å²) in [6.45, 7) is 0. The van der Waals surface area contributed by atoms with E-state index in [9.17, 15) is 10.2 Å². The van der Waals surface area contributed by atoms with Gasteiger partial charge in [-0.15, -0.1) is 0 Å². The van der Waals surface area contributed by atoms with Crippen molar-refractivity contribution in [1.29, 1.82) is 0 Å². The van der Waals surface area contributed by atoms with Crippen molar-refractivity contribution >= 4 is 11.6 Å². The van der Waals surface area contributed by atoms with E-state index < -0.39 is 0 Å². The molecule has 1 aromatic heterocycles. The molecule has 5 nitrogen and oxygen atoms in total. The molecule has 0 aliphatic heterocycles. The molecule has 3 aromatic rings. The highest BCUT2D eigenvalue weighted by Gasteiger charge is 2.17. The van der Waals surface area contributed by atoms with Crippen molar-refractivity contribution in [3.63, 3.8) is 0 Å². The van der Waals surface area contributed by atoms with E-state index >= 15 is 0 Å². The van der Waals surface area contributed by atoms with Gasteiger partial charge in [0.25, 0.3) is 5.89 Å². The number of rotatable bonds is 3. The van der Waals surface area contributed by atoms with E-state index in [2.05, 4.69) is 10.1 Å². The molecule has 0 unspecified atom stereocenters. The van der Waals surface area contributed by atoms with Crippen LogP contribution < -0.4 is 0 Å². The first kappa shape index (κ1) is 13.5. The van der Waals surface area contributed by atoms with E-state index in [0.29, 0.717) is 17.3 Å². The molecule has 0 aliphatic carbocycles. The zero-order valence-corrected chi connectivity index (χ0v) is 11.6. The minimum Gasteiger partial charge on any atom is -0.507 e. The average molecular weight is 303 g/mol. The Kier molecular flexibility index (Phi) is 3.50. The van der Waals surface area contributed by atoms with Gasteiger partial charge in [0.2, 0.25) is 0 Å². The first-order valence-corrected chi connectivity index (χ1v) is 6.60. The number of hydrogen-bond acceptors (Lipinski definition) is 5. The number of halogens is 1. The van der Waals surface area contributed by atoms with Crippen molar-refractivity contribution in [2.75, 3.05) is 0 Å². The van der Waals surface area contributed by atoms with Gasteiger partial charge in [-0.05, 0) is 23.8 Å². The maximum absolute atomic E-state index is 9.78. The molecule has 0 saturated heterocycles. The summed E-state index contributed by atoms with van der Waals surface area (Å²) in [5, 5.41) is 24.0. The summed E-state index contributed by atoms with van der Waals surface area (Å²) in [4.78, 5) is 4.18. The first-order chi connectivity index (χ1) is 10.1. The summed E-state index contributed by atoms with van der Waals surface area (Å²) in [5.41, 5.74) is 0.989. The quantitative estimate of drug-likeness (QED) is 0.775. The topological polar surface area (TPSA) is 79.4 Å². The van der Waals surface area contributed by atoms with E-state index in [0.717, 1.165) is 5.56 Å². The van der Waals surface area contributed by atoms with E-state index in [1.54, 1.807) is 6.07 Å². The van der Waals surface area contributed by atoms with Crippen LogP contribution >= 0.6 is 11.6 Å². The van der Waals surface area contributed by atoms with Crippen LogP contribution in [0.15, 0.2) is 47.0 Å². The van der Waals surface area contributed by atoms with Gasteiger partial charge in [-0.1, -0.05) is 41.0 Å². The number of benzene rings is 2. The second-order valence-electron chi connectivity index (χ2n) is 4.46. The number of aromatic hydroxyl groups is 2. The predicted octanol–water partition coefficient (Wildman–Crippen LogP) is 3.39. The lowest BCUT2D eigenvalue weighted by molar-refractivity contribution is 0.410. The molecule has 2 N–H and O–H groups in total. The van der Waals surface area contributed by atoms with Crippen LogP contribution in [0.4, 0.5) is 0 Å². The summed E-state index contributed by atoms with van der Waals surface area (Å²) in [5.74, 6) is 0.235. The zero-order chi connectivity index (χ0) is 14.8. The molecule has 0 fully saturated rings.